The molecule has 0 aliphatic rings. The van der Waals surface area contributed by atoms with Crippen molar-refractivity contribution in [2.45, 2.75) is 161 Å². The topological polar surface area (TPSA) is 102 Å². The molecule has 0 fully saturated rings. The number of ether oxygens (including phenoxy) is 3. The zero-order chi connectivity index (χ0) is 42.8. The molecular formula is C50H81NO7. The molecule has 0 amide bonds. The highest BCUT2D eigenvalue weighted by molar-refractivity contribution is 5.70. The number of nitrogens with zero attached hydrogens (tertiary/aromatic N) is 1. The van der Waals surface area contributed by atoms with E-state index in [4.69, 9.17) is 14.2 Å². The van der Waals surface area contributed by atoms with Crippen molar-refractivity contribution >= 4 is 17.9 Å². The van der Waals surface area contributed by atoms with E-state index in [0.29, 0.717) is 12.8 Å². The molecule has 58 heavy (non-hydrogen) atoms. The minimum atomic E-state index is -1.14. The molecule has 8 nitrogen and oxygen atoms in total. The third-order valence-electron chi connectivity index (χ3n) is 9.34. The minimum absolute atomic E-state index is 0.0152. The van der Waals surface area contributed by atoms with Crippen molar-refractivity contribution in [3.63, 3.8) is 0 Å². The summed E-state index contributed by atoms with van der Waals surface area (Å²) < 4.78 is 17.1. The monoisotopic (exact) mass is 808 g/mol. The van der Waals surface area contributed by atoms with Gasteiger partial charge in [-0.05, 0) is 64.2 Å². The van der Waals surface area contributed by atoms with Crippen molar-refractivity contribution in [2.24, 2.45) is 0 Å². The van der Waals surface area contributed by atoms with Gasteiger partial charge in [0, 0.05) is 19.3 Å². The number of quaternary nitrogens is 1. The first-order valence-corrected chi connectivity index (χ1v) is 22.3. The Morgan fingerprint density at radius 1 is 0.534 bits per heavy atom. The summed E-state index contributed by atoms with van der Waals surface area (Å²) >= 11 is 0. The van der Waals surface area contributed by atoms with Crippen LogP contribution in [-0.4, -0.2) is 75.5 Å². The average molecular weight is 808 g/mol. The van der Waals surface area contributed by atoms with Gasteiger partial charge in [0.15, 0.2) is 6.10 Å². The van der Waals surface area contributed by atoms with Crippen LogP contribution >= 0.6 is 0 Å². The van der Waals surface area contributed by atoms with Gasteiger partial charge in [-0.15, -0.1) is 0 Å². The van der Waals surface area contributed by atoms with Crippen LogP contribution < -0.4 is 5.11 Å². The van der Waals surface area contributed by atoms with E-state index in [0.717, 1.165) is 70.6 Å². The van der Waals surface area contributed by atoms with Gasteiger partial charge in [-0.25, -0.2) is 0 Å². The van der Waals surface area contributed by atoms with Crippen LogP contribution in [0.15, 0.2) is 97.2 Å². The van der Waals surface area contributed by atoms with Crippen LogP contribution in [0.4, 0.5) is 0 Å². The number of hydrogen-bond acceptors (Lipinski definition) is 7. The van der Waals surface area contributed by atoms with Gasteiger partial charge in [0.25, 0.3) is 0 Å². The summed E-state index contributed by atoms with van der Waals surface area (Å²) in [6.07, 6.45) is 52.9. The predicted molar refractivity (Wildman–Crippen MR) is 240 cm³/mol. The second-order valence-electron chi connectivity index (χ2n) is 15.6. The molecule has 0 aliphatic carbocycles. The van der Waals surface area contributed by atoms with Gasteiger partial charge in [0.1, 0.15) is 12.6 Å². The highest BCUT2D eigenvalue weighted by Gasteiger charge is 2.25. The number of carboxylic acids is 1. The smallest absolute Gasteiger partial charge is 0.306 e. The molecule has 0 aromatic carbocycles. The summed E-state index contributed by atoms with van der Waals surface area (Å²) in [6.45, 7) is 4.34. The van der Waals surface area contributed by atoms with Gasteiger partial charge < -0.3 is 28.6 Å². The molecule has 328 valence electrons. The van der Waals surface area contributed by atoms with Crippen LogP contribution in [0.5, 0.6) is 0 Å². The van der Waals surface area contributed by atoms with Gasteiger partial charge in [0.05, 0.1) is 40.3 Å². The zero-order valence-electron chi connectivity index (χ0n) is 37.2. The molecule has 0 aromatic rings. The van der Waals surface area contributed by atoms with Crippen LogP contribution in [0, 0.1) is 0 Å². The van der Waals surface area contributed by atoms with E-state index in [9.17, 15) is 19.5 Å². The van der Waals surface area contributed by atoms with Crippen LogP contribution in [0.2, 0.25) is 0 Å². The molecule has 0 aliphatic heterocycles. The number of allylic oxidation sites excluding steroid dienone is 16. The average Bonchev–Trinajstić information content (AvgIpc) is 3.18. The fourth-order valence-electron chi connectivity index (χ4n) is 5.93. The standard InChI is InChI=1S/C50H81NO7/c1-6-8-10-12-14-16-18-20-22-23-24-25-27-28-30-32-34-36-38-40-48(52)57-45-46(44-56-43-42-47(50(54)55)51(3,4)5)58-49(53)41-39-37-35-33-31-29-26-21-19-17-15-13-11-9-7-2/h8-11,13-17,19-22,26,29,31,46-47H,6-7,12,18,23-25,27-28,30,32-45H2,1-5H3/b10-8+,11-9+,15-13+,16-14+,19-17+,22-20+,26-21+,31-29+. The Labute approximate surface area is 354 Å². The molecule has 0 heterocycles. The molecule has 0 aromatic heterocycles. The lowest BCUT2D eigenvalue weighted by molar-refractivity contribution is -0.889. The Morgan fingerprint density at radius 3 is 1.57 bits per heavy atom. The number of hydrogen-bond donors (Lipinski definition) is 0. The number of rotatable bonds is 38. The Balaban J connectivity index is 4.41. The Bertz CT molecular complexity index is 1260. The number of likely N-dealkylation sites (N-methyl/N-ethyl adjacent to an activating group) is 1. The quantitative estimate of drug-likeness (QED) is 0.0201. The molecule has 0 spiro atoms. The van der Waals surface area contributed by atoms with Crippen molar-refractivity contribution in [3.8, 4) is 0 Å². The van der Waals surface area contributed by atoms with Crippen molar-refractivity contribution in [3.05, 3.63) is 97.2 Å². The van der Waals surface area contributed by atoms with Gasteiger partial charge >= 0.3 is 11.9 Å². The summed E-state index contributed by atoms with van der Waals surface area (Å²) in [5.41, 5.74) is 0. The maximum absolute atomic E-state index is 12.7. The van der Waals surface area contributed by atoms with E-state index in [2.05, 4.69) is 62.5 Å². The first kappa shape index (κ1) is 54.2. The molecular weight excluding hydrogens is 727 g/mol. The first-order valence-electron chi connectivity index (χ1n) is 22.3. The maximum Gasteiger partial charge on any atom is 0.306 e. The second-order valence-corrected chi connectivity index (χ2v) is 15.6. The molecule has 2 unspecified atom stereocenters. The van der Waals surface area contributed by atoms with Gasteiger partial charge in [0.2, 0.25) is 0 Å². The van der Waals surface area contributed by atoms with E-state index >= 15 is 0 Å². The van der Waals surface area contributed by atoms with E-state index in [1.165, 1.54) is 38.5 Å². The highest BCUT2D eigenvalue weighted by Crippen LogP contribution is 2.13. The number of carbonyl (C=O) groups excluding carboxylic acids is 3. The minimum Gasteiger partial charge on any atom is -0.544 e. The van der Waals surface area contributed by atoms with Crippen molar-refractivity contribution < 1.29 is 38.2 Å². The fraction of sp³-hybridized carbons (Fsp3) is 0.620. The van der Waals surface area contributed by atoms with Crippen molar-refractivity contribution in [1.29, 1.82) is 0 Å². The lowest BCUT2D eigenvalue weighted by Crippen LogP contribution is -2.55. The summed E-state index contributed by atoms with van der Waals surface area (Å²) in [7, 11) is 5.38. The lowest BCUT2D eigenvalue weighted by Gasteiger charge is -2.34. The molecule has 0 bridgehead atoms. The van der Waals surface area contributed by atoms with Gasteiger partial charge in [-0.1, -0.05) is 162 Å². The number of esters is 2. The van der Waals surface area contributed by atoms with Crippen molar-refractivity contribution in [1.82, 2.24) is 0 Å². The number of carboxylic acid groups (broad SMARTS) is 1. The third kappa shape index (κ3) is 37.8. The Hall–Kier alpha value is -3.75. The van der Waals surface area contributed by atoms with E-state index in [-0.39, 0.29) is 49.1 Å². The summed E-state index contributed by atoms with van der Waals surface area (Å²) in [6, 6.07) is -0.740. The molecule has 0 rings (SSSR count). The summed E-state index contributed by atoms with van der Waals surface area (Å²) in [4.78, 5) is 36.9. The number of unbranched alkanes of at least 4 members (excludes halogenated alkanes) is 12. The van der Waals surface area contributed by atoms with Crippen LogP contribution in [0.3, 0.4) is 0 Å². The molecule has 0 N–H and O–H groups in total. The Morgan fingerprint density at radius 2 is 1.00 bits per heavy atom. The number of carbonyl (C=O) groups is 3. The fourth-order valence-corrected chi connectivity index (χ4v) is 5.93. The lowest BCUT2D eigenvalue weighted by atomic mass is 10.1. The molecule has 0 saturated heterocycles. The first-order chi connectivity index (χ1) is 28.1. The SMILES string of the molecule is CC/C=C/C=C/C=C/C=C/C=C/CCCCCC(=O)OC(COCCC(C(=O)[O-])[N+](C)(C)C)COC(=O)CCCCCCCCCCC/C=C/C/C=C/C/C=C/CC. The van der Waals surface area contributed by atoms with Crippen LogP contribution in [-0.2, 0) is 28.6 Å². The van der Waals surface area contributed by atoms with Gasteiger partial charge in [-0.3, -0.25) is 9.59 Å². The van der Waals surface area contributed by atoms with E-state index in [1.807, 2.05) is 48.6 Å². The predicted octanol–water partition coefficient (Wildman–Crippen LogP) is 11.0. The van der Waals surface area contributed by atoms with E-state index < -0.39 is 18.1 Å². The van der Waals surface area contributed by atoms with Crippen LogP contribution in [0.1, 0.15) is 149 Å². The third-order valence-corrected chi connectivity index (χ3v) is 9.34. The number of aliphatic carboxylic acids is 1. The zero-order valence-corrected chi connectivity index (χ0v) is 37.2. The molecule has 0 saturated carbocycles. The molecule has 0 radical (unpaired) electrons. The molecule has 2 atom stereocenters. The van der Waals surface area contributed by atoms with E-state index in [1.54, 1.807) is 21.1 Å². The summed E-state index contributed by atoms with van der Waals surface area (Å²) in [5, 5.41) is 11.6. The highest BCUT2D eigenvalue weighted by atomic mass is 16.6. The second kappa shape index (κ2) is 40.0. The maximum atomic E-state index is 12.7. The normalized spacial score (nSPS) is 13.9. The molecule has 8 heteroatoms. The van der Waals surface area contributed by atoms with Crippen LogP contribution in [0.25, 0.3) is 0 Å². The summed E-state index contributed by atoms with van der Waals surface area (Å²) in [5.74, 6) is -1.81. The largest absolute Gasteiger partial charge is 0.544 e. The van der Waals surface area contributed by atoms with Gasteiger partial charge in [-0.2, -0.15) is 0 Å². The Kier molecular flexibility index (Phi) is 37.5. The van der Waals surface area contributed by atoms with Crippen molar-refractivity contribution in [2.75, 3.05) is 41.0 Å².